The number of amides is 1. The number of hydrogen-bond acceptors (Lipinski definition) is 6. The Morgan fingerprint density at radius 2 is 1.53 bits per heavy atom. The molecule has 10 rings (SSSR count). The summed E-state index contributed by atoms with van der Waals surface area (Å²) in [7, 11) is 0. The minimum atomic E-state index is -3.69. The van der Waals surface area contributed by atoms with Gasteiger partial charge in [0, 0.05) is 29.5 Å². The Bertz CT molecular complexity index is 1650. The second-order valence-corrected chi connectivity index (χ2v) is 15.7. The maximum atomic E-state index is 14.4. The van der Waals surface area contributed by atoms with Crippen LogP contribution < -0.4 is 14.4 Å². The normalized spacial score (nSPS) is 32.1. The van der Waals surface area contributed by atoms with Crippen LogP contribution >= 0.6 is 0 Å². The second kappa shape index (κ2) is 9.26. The number of anilines is 1. The average molecular weight is 622 g/mol. The molecule has 6 fully saturated rings. The van der Waals surface area contributed by atoms with E-state index in [1.165, 1.54) is 12.1 Å². The molecule has 0 atom stereocenters. The predicted molar refractivity (Wildman–Crippen MR) is 160 cm³/mol. The van der Waals surface area contributed by atoms with Crippen LogP contribution in [0.25, 0.3) is 11.1 Å². The van der Waals surface area contributed by atoms with E-state index in [2.05, 4.69) is 35.4 Å². The average Bonchev–Trinajstić information content (AvgIpc) is 3.60. The maximum Gasteiger partial charge on any atom is 0.586 e. The van der Waals surface area contributed by atoms with Crippen molar-refractivity contribution >= 4 is 11.6 Å². The van der Waals surface area contributed by atoms with Gasteiger partial charge in [0.1, 0.15) is 5.67 Å². The van der Waals surface area contributed by atoms with Crippen LogP contribution in [0.2, 0.25) is 0 Å². The Morgan fingerprint density at radius 3 is 2.18 bits per heavy atom. The van der Waals surface area contributed by atoms with E-state index >= 15 is 0 Å². The van der Waals surface area contributed by atoms with Gasteiger partial charge in [-0.1, -0.05) is 44.1 Å². The zero-order valence-corrected chi connectivity index (χ0v) is 25.9. The zero-order valence-electron chi connectivity index (χ0n) is 25.9. The van der Waals surface area contributed by atoms with E-state index in [9.17, 15) is 18.0 Å². The van der Waals surface area contributed by atoms with E-state index in [0.29, 0.717) is 43.7 Å². The number of carbonyl (C=O) groups excluding carboxylic acids is 1. The molecular weight excluding hydrogens is 583 g/mol. The van der Waals surface area contributed by atoms with E-state index in [1.807, 2.05) is 29.2 Å². The minimum absolute atomic E-state index is 0.0128. The molecule has 7 aliphatic rings. The van der Waals surface area contributed by atoms with Crippen molar-refractivity contribution in [3.8, 4) is 22.6 Å². The zero-order chi connectivity index (χ0) is 31.5. The number of rotatable bonds is 7. The molecule has 6 aliphatic carbocycles. The summed E-state index contributed by atoms with van der Waals surface area (Å²) in [4.78, 5) is 20.9. The van der Waals surface area contributed by atoms with Gasteiger partial charge in [-0.3, -0.25) is 4.79 Å². The lowest BCUT2D eigenvalue weighted by molar-refractivity contribution is -0.286. The van der Waals surface area contributed by atoms with Crippen molar-refractivity contribution in [1.82, 2.24) is 10.1 Å². The highest BCUT2D eigenvalue weighted by atomic mass is 19.3. The minimum Gasteiger partial charge on any atom is -0.395 e. The van der Waals surface area contributed by atoms with Gasteiger partial charge in [0.25, 0.3) is 0 Å². The van der Waals surface area contributed by atoms with Gasteiger partial charge in [0.15, 0.2) is 17.3 Å². The standard InChI is InChI=1S/C35H38F3N3O4/c1-30(2,3)29-39-28(40-45-29)33-12-9-31(10-13-33,11-14-33)21-41(27(42)17-32-18-34(36,19-32)20-32)24-6-4-5-22(15-24)23-7-8-25-26(16-23)44-35(37,38)43-25/h4-8,15-16H,9-14,17-21H2,1-3H3. The van der Waals surface area contributed by atoms with Crippen molar-refractivity contribution in [2.45, 2.75) is 108 Å². The van der Waals surface area contributed by atoms with Gasteiger partial charge in [0.05, 0.1) is 0 Å². The van der Waals surface area contributed by atoms with Crippen LogP contribution in [0.5, 0.6) is 11.5 Å². The predicted octanol–water partition coefficient (Wildman–Crippen LogP) is 8.26. The first-order chi connectivity index (χ1) is 21.2. The third kappa shape index (κ3) is 4.81. The molecule has 0 radical (unpaired) electrons. The summed E-state index contributed by atoms with van der Waals surface area (Å²) < 4.78 is 56.7. The molecule has 1 amide bonds. The molecule has 1 aliphatic heterocycles. The van der Waals surface area contributed by atoms with Crippen molar-refractivity contribution in [2.24, 2.45) is 10.8 Å². The van der Waals surface area contributed by atoms with Crippen molar-refractivity contribution in [1.29, 1.82) is 0 Å². The smallest absolute Gasteiger partial charge is 0.395 e. The Balaban J connectivity index is 1.06. The number of fused-ring (bicyclic) bond motifs is 4. The molecule has 0 N–H and O–H groups in total. The largest absolute Gasteiger partial charge is 0.586 e. The molecule has 7 nitrogen and oxygen atoms in total. The SMILES string of the molecule is CC(C)(C)c1nc(C23CCC(CN(C(=O)CC45CC(F)(C4)C5)c4cccc(-c5ccc6c(c5)OC(F)(F)O6)c4)(CC2)CC3)no1. The number of alkyl halides is 3. The number of aromatic nitrogens is 2. The molecule has 2 aromatic carbocycles. The van der Waals surface area contributed by atoms with Crippen LogP contribution in [-0.4, -0.2) is 34.6 Å². The first-order valence-corrected chi connectivity index (χ1v) is 16.0. The molecule has 0 saturated heterocycles. The van der Waals surface area contributed by atoms with E-state index in [-0.39, 0.29) is 39.1 Å². The quantitative estimate of drug-likeness (QED) is 0.264. The molecule has 1 aromatic heterocycles. The van der Waals surface area contributed by atoms with Crippen molar-refractivity contribution < 1.29 is 32.0 Å². The third-order valence-corrected chi connectivity index (χ3v) is 11.2. The van der Waals surface area contributed by atoms with Gasteiger partial charge < -0.3 is 18.9 Å². The van der Waals surface area contributed by atoms with Gasteiger partial charge in [-0.05, 0) is 104 Å². The summed E-state index contributed by atoms with van der Waals surface area (Å²) in [6, 6.07) is 12.4. The summed E-state index contributed by atoms with van der Waals surface area (Å²) in [5.41, 5.74) is 0.560. The van der Waals surface area contributed by atoms with Crippen molar-refractivity contribution in [3.05, 3.63) is 54.2 Å². The number of halogens is 3. The summed E-state index contributed by atoms with van der Waals surface area (Å²) in [6.07, 6.45) is 3.71. The fourth-order valence-electron chi connectivity index (χ4n) is 8.68. The Hall–Kier alpha value is -3.56. The number of nitrogens with zero attached hydrogens (tertiary/aromatic N) is 3. The van der Waals surface area contributed by atoms with Crippen LogP contribution in [0.3, 0.4) is 0 Å². The van der Waals surface area contributed by atoms with Gasteiger partial charge in [-0.25, -0.2) is 4.39 Å². The van der Waals surface area contributed by atoms with Crippen LogP contribution in [0.4, 0.5) is 18.9 Å². The number of carbonyl (C=O) groups is 1. The van der Waals surface area contributed by atoms with Crippen LogP contribution in [-0.2, 0) is 15.6 Å². The van der Waals surface area contributed by atoms with Crippen LogP contribution in [0.15, 0.2) is 47.0 Å². The first-order valence-electron chi connectivity index (χ1n) is 16.0. The monoisotopic (exact) mass is 621 g/mol. The van der Waals surface area contributed by atoms with E-state index in [0.717, 1.165) is 55.6 Å². The highest BCUT2D eigenvalue weighted by Crippen LogP contribution is 2.71. The maximum absolute atomic E-state index is 14.4. The third-order valence-electron chi connectivity index (χ3n) is 11.2. The number of ether oxygens (including phenoxy) is 2. The van der Waals surface area contributed by atoms with Gasteiger partial charge in [-0.2, -0.15) is 4.98 Å². The summed E-state index contributed by atoms with van der Waals surface area (Å²) in [5, 5.41) is 4.43. The van der Waals surface area contributed by atoms with E-state index in [4.69, 9.17) is 9.51 Å². The summed E-state index contributed by atoms with van der Waals surface area (Å²) in [6.45, 7) is 6.79. The highest BCUT2D eigenvalue weighted by Gasteiger charge is 2.69. The summed E-state index contributed by atoms with van der Waals surface area (Å²) >= 11 is 0. The molecule has 0 spiro atoms. The van der Waals surface area contributed by atoms with E-state index < -0.39 is 12.0 Å². The van der Waals surface area contributed by atoms with Crippen LogP contribution in [0, 0.1) is 10.8 Å². The fourth-order valence-corrected chi connectivity index (χ4v) is 8.68. The van der Waals surface area contributed by atoms with Gasteiger partial charge in [0.2, 0.25) is 11.8 Å². The second-order valence-electron chi connectivity index (χ2n) is 15.7. The van der Waals surface area contributed by atoms with Gasteiger partial charge in [-0.15, -0.1) is 8.78 Å². The highest BCUT2D eigenvalue weighted by molar-refractivity contribution is 5.95. The molecular formula is C35H38F3N3O4. The molecule has 10 heteroatoms. The molecule has 4 bridgehead atoms. The lowest BCUT2D eigenvalue weighted by Crippen LogP contribution is -2.65. The Morgan fingerprint density at radius 1 is 0.867 bits per heavy atom. The first kappa shape index (κ1) is 28.9. The fraction of sp³-hybridized carbons (Fsp3) is 0.571. The topological polar surface area (TPSA) is 77.7 Å². The van der Waals surface area contributed by atoms with Crippen molar-refractivity contribution in [3.63, 3.8) is 0 Å². The molecule has 0 unspecified atom stereocenters. The molecule has 45 heavy (non-hydrogen) atoms. The Kier molecular flexibility index (Phi) is 5.94. The lowest BCUT2D eigenvalue weighted by Gasteiger charge is -2.66. The lowest BCUT2D eigenvalue weighted by atomic mass is 9.41. The summed E-state index contributed by atoms with van der Waals surface area (Å²) in [5.74, 6) is 1.45. The van der Waals surface area contributed by atoms with E-state index in [1.54, 1.807) is 6.07 Å². The van der Waals surface area contributed by atoms with Crippen molar-refractivity contribution in [2.75, 3.05) is 11.4 Å². The van der Waals surface area contributed by atoms with Gasteiger partial charge >= 0.3 is 6.29 Å². The number of benzene rings is 2. The molecule has 2 heterocycles. The van der Waals surface area contributed by atoms with Crippen LogP contribution in [0.1, 0.15) is 96.7 Å². The Labute approximate surface area is 260 Å². The molecule has 6 saturated carbocycles. The number of hydrogen-bond donors (Lipinski definition) is 0. The molecule has 3 aromatic rings. The molecule has 238 valence electrons.